The van der Waals surface area contributed by atoms with E-state index in [0.29, 0.717) is 62.8 Å². The molecule has 0 radical (unpaired) electrons. The fourth-order valence-corrected chi connectivity index (χ4v) is 28.4. The first kappa shape index (κ1) is 58.1. The first-order valence-corrected chi connectivity index (χ1v) is 37.1. The molecule has 14 aliphatic carbocycles. The van der Waals surface area contributed by atoms with E-state index in [1.165, 1.54) is 82.2 Å². The van der Waals surface area contributed by atoms with Gasteiger partial charge in [0.15, 0.2) is 0 Å². The average molecular weight is 1240 g/mol. The number of carbonyl (C=O) groups is 1. The molecule has 6 N–H and O–H groups in total. The second-order valence-corrected chi connectivity index (χ2v) is 33.7. The van der Waals surface area contributed by atoms with Gasteiger partial charge in [-0.1, -0.05) is 171 Å². The Morgan fingerprint density at radius 2 is 1.66 bits per heavy atom. The number of aliphatic carboxylic acids is 1. The van der Waals surface area contributed by atoms with Gasteiger partial charge >= 0.3 is 5.97 Å². The molecule has 0 saturated heterocycles. The van der Waals surface area contributed by atoms with Gasteiger partial charge in [0, 0.05) is 64.8 Å². The van der Waals surface area contributed by atoms with E-state index >= 15 is 4.79 Å². The van der Waals surface area contributed by atoms with Crippen LogP contribution in [0.15, 0.2) is 168 Å². The largest absolute Gasteiger partial charge is 0.516 e. The molecule has 20 aliphatic rings. The van der Waals surface area contributed by atoms with Gasteiger partial charge in [0.2, 0.25) is 0 Å². The Balaban J connectivity index is 0.877. The second kappa shape index (κ2) is 20.6. The zero-order chi connectivity index (χ0) is 62.5. The lowest BCUT2D eigenvalue weighted by Gasteiger charge is -2.77. The third kappa shape index (κ3) is 7.35. The summed E-state index contributed by atoms with van der Waals surface area (Å²) in [6, 6.07) is 30.0. The van der Waals surface area contributed by atoms with Crippen molar-refractivity contribution in [1.82, 2.24) is 10.6 Å². The molecule has 6 heterocycles. The summed E-state index contributed by atoms with van der Waals surface area (Å²) in [7, 11) is 0. The smallest absolute Gasteiger partial charge is 0.307 e. The molecule has 3 aromatic rings. The van der Waals surface area contributed by atoms with E-state index in [-0.39, 0.29) is 57.7 Å². The molecule has 93 heavy (non-hydrogen) atoms. The van der Waals surface area contributed by atoms with Crippen LogP contribution >= 0.6 is 0 Å². The lowest BCUT2D eigenvalue weighted by molar-refractivity contribution is -0.219. The summed E-state index contributed by atoms with van der Waals surface area (Å²) in [4.78, 5) is 15.5. The molecule has 23 rings (SSSR count). The van der Waals surface area contributed by atoms with Crippen molar-refractivity contribution in [3.63, 3.8) is 0 Å². The molecule has 6 fully saturated rings. The van der Waals surface area contributed by atoms with Crippen molar-refractivity contribution < 1.29 is 25.2 Å². The lowest BCUT2D eigenvalue weighted by Crippen LogP contribution is -2.72. The number of benzene rings is 3. The van der Waals surface area contributed by atoms with Crippen LogP contribution in [0.25, 0.3) is 17.2 Å². The van der Waals surface area contributed by atoms with Gasteiger partial charge in [-0.05, 0) is 235 Å². The molecule has 6 saturated carbocycles. The number of fused-ring (bicyclic) bond motifs is 1. The molecule has 480 valence electrons. The van der Waals surface area contributed by atoms with Crippen LogP contribution in [0.3, 0.4) is 0 Å². The third-order valence-electron chi connectivity index (χ3n) is 31.2. The summed E-state index contributed by atoms with van der Waals surface area (Å²) >= 11 is 0. The molecule has 7 heteroatoms. The number of allylic oxidation sites excluding steroid dienone is 12. The quantitative estimate of drug-likeness (QED) is 0.0874. The summed E-state index contributed by atoms with van der Waals surface area (Å²) in [6.45, 7) is 4.12. The van der Waals surface area contributed by atoms with Crippen LogP contribution in [-0.4, -0.2) is 51.7 Å². The van der Waals surface area contributed by atoms with Gasteiger partial charge in [0.25, 0.3) is 0 Å². The molecular weight excluding hydrogens is 1140 g/mol. The van der Waals surface area contributed by atoms with Crippen LogP contribution in [0.5, 0.6) is 0 Å². The Hall–Kier alpha value is -6.33. The van der Waals surface area contributed by atoms with Crippen LogP contribution in [-0.2, 0) is 11.2 Å². The Bertz CT molecular complexity index is 4140. The molecule has 20 bridgehead atoms. The van der Waals surface area contributed by atoms with Crippen LogP contribution in [0.2, 0.25) is 0 Å². The zero-order valence-corrected chi connectivity index (χ0v) is 54.7. The fourth-order valence-electron chi connectivity index (χ4n) is 28.4. The molecule has 4 spiro atoms. The van der Waals surface area contributed by atoms with Gasteiger partial charge in [-0.2, -0.15) is 0 Å². The summed E-state index contributed by atoms with van der Waals surface area (Å²) in [5.74, 6) is 9.53. The van der Waals surface area contributed by atoms with Crippen LogP contribution in [0.1, 0.15) is 171 Å². The van der Waals surface area contributed by atoms with Crippen molar-refractivity contribution in [3.8, 4) is 11.8 Å². The number of rotatable bonds is 4. The zero-order valence-electron chi connectivity index (χ0n) is 54.7. The number of carboxylic acid groups (broad SMARTS) is 1. The first-order chi connectivity index (χ1) is 45.4. The predicted octanol–water partition coefficient (Wildman–Crippen LogP) is 15.1. The average Bonchev–Trinajstić information content (AvgIpc) is 1.51. The van der Waals surface area contributed by atoms with Crippen LogP contribution < -0.4 is 21.1 Å². The summed E-state index contributed by atoms with van der Waals surface area (Å²) in [5.41, 5.74) is 8.57. The van der Waals surface area contributed by atoms with E-state index in [1.807, 2.05) is 0 Å². The lowest BCUT2D eigenvalue weighted by atomic mass is 9.25. The Labute approximate surface area is 551 Å². The minimum atomic E-state index is -1.08. The second-order valence-electron chi connectivity index (χ2n) is 33.7. The van der Waals surface area contributed by atoms with Gasteiger partial charge in [0.1, 0.15) is 0 Å². The third-order valence-corrected chi connectivity index (χ3v) is 31.2. The van der Waals surface area contributed by atoms with Crippen molar-refractivity contribution in [3.05, 3.63) is 195 Å². The predicted molar refractivity (Wildman–Crippen MR) is 367 cm³/mol. The summed E-state index contributed by atoms with van der Waals surface area (Å²) < 4.78 is 0. The highest BCUT2D eigenvalue weighted by molar-refractivity contribution is 5.81. The Morgan fingerprint density at radius 3 is 2.51 bits per heavy atom. The van der Waals surface area contributed by atoms with E-state index in [4.69, 9.17) is 0 Å². The molecule has 6 aliphatic heterocycles. The normalized spacial score (nSPS) is 45.3. The van der Waals surface area contributed by atoms with E-state index in [0.717, 1.165) is 95.0 Å². The maximum atomic E-state index is 15.5. The number of hydrogen-bond acceptors (Lipinski definition) is 6. The molecule has 3 aromatic carbocycles. The first-order valence-electron chi connectivity index (χ1n) is 37.1. The number of aliphatic hydroxyl groups is 3. The van der Waals surface area contributed by atoms with Crippen molar-refractivity contribution in [2.45, 2.75) is 173 Å². The van der Waals surface area contributed by atoms with E-state index in [1.54, 1.807) is 11.1 Å². The maximum Gasteiger partial charge on any atom is 0.307 e. The number of aliphatic hydroxyl groups excluding tert-OH is 3. The molecule has 7 nitrogen and oxygen atoms in total. The number of hydrogen-bond donors (Lipinski definition) is 6. The van der Waals surface area contributed by atoms with E-state index in [2.05, 4.69) is 169 Å². The van der Waals surface area contributed by atoms with Crippen molar-refractivity contribution in [2.24, 2.45) is 102 Å². The SMILES string of the molecule is CC12C3CC4=C5CC67C=CCC89CC#CCC(C%10=c%11ccccc%11=CC(C%10=C6)C4(CCC8O)C79)c4cccc(c4)C4=CC=C(NCCCC(C6CCCCC6)C(=CO)CCC(C(=O)O)C16C=CC1C78CCC1(C(C=CC7CC(Cc1ccccc1)C8)C3)C52CC6O)NC4. The van der Waals surface area contributed by atoms with Crippen LogP contribution in [0.4, 0.5) is 0 Å². The molecule has 0 amide bonds. The highest BCUT2D eigenvalue weighted by Crippen LogP contribution is 2.93. The maximum absolute atomic E-state index is 15.5. The van der Waals surface area contributed by atoms with E-state index in [9.17, 15) is 20.4 Å². The van der Waals surface area contributed by atoms with Gasteiger partial charge in [-0.25, -0.2) is 0 Å². The summed E-state index contributed by atoms with van der Waals surface area (Å²) in [5, 5.41) is 62.5. The Morgan fingerprint density at radius 1 is 0.796 bits per heavy atom. The fraction of sp³-hybridized carbons (Fsp3) is 0.547. The van der Waals surface area contributed by atoms with Crippen LogP contribution in [0, 0.1) is 114 Å². The molecule has 20 unspecified atom stereocenters. The number of nitrogens with one attached hydrogen (secondary N) is 2. The van der Waals surface area contributed by atoms with Crippen molar-refractivity contribution >= 4 is 23.2 Å². The number of dihydropyridines is 1. The van der Waals surface area contributed by atoms with Gasteiger partial charge in [-0.3, -0.25) is 4.79 Å². The standard InChI is InChI=1S/C86H96N2O5/c1-79-63-45-62-28-27-61-42-54(41-53-15-4-2-5-16-53)47-82(61)38-39-84(62)72(82)31-37-85(79)68(77(92)93)29-25-60(52-89)64(55-17-6-3-7-18-55)24-13-40-87-75-30-26-59(51-88-75)56-20-12-21-57(43-56)65-23-10-11-34-81-35-14-33-80-48-67-69(44-58-19-8-9-22-66(58)76(65)67)83(78(80)81,36-32-73(81)90)70(46-63)71(49-80)86(79,84)50-74(85)91/h2,4-5,8-9,12,14-16,19-22,26-28,30-31,33,37,43-44,48,52,54-55,61-65,68-69,72-74,78,87-91H,3,6-7,13,17-18,23-25,29,32,34-36,38-42,45-47,49-51H2,1H3,(H,92,93). The van der Waals surface area contributed by atoms with Crippen molar-refractivity contribution in [2.75, 3.05) is 13.1 Å². The Kier molecular flexibility index (Phi) is 12.9. The van der Waals surface area contributed by atoms with Gasteiger partial charge in [0.05, 0.1) is 30.2 Å². The summed E-state index contributed by atoms with van der Waals surface area (Å²) in [6.07, 6.45) is 47.3. The highest BCUT2D eigenvalue weighted by Gasteiger charge is 2.88. The molecule has 0 aromatic heterocycles. The minimum Gasteiger partial charge on any atom is -0.516 e. The van der Waals surface area contributed by atoms with Gasteiger partial charge in [-0.15, -0.1) is 11.8 Å². The monoisotopic (exact) mass is 1240 g/mol. The van der Waals surface area contributed by atoms with E-state index < -0.39 is 51.2 Å². The topological polar surface area (TPSA) is 122 Å². The minimum absolute atomic E-state index is 0.00446. The highest BCUT2D eigenvalue weighted by atomic mass is 16.4. The van der Waals surface area contributed by atoms with Gasteiger partial charge < -0.3 is 31.1 Å². The number of carboxylic acids is 1. The molecule has 20 atom stereocenters. The van der Waals surface area contributed by atoms with Crippen molar-refractivity contribution in [1.29, 1.82) is 0 Å². The molecular formula is C86H96N2O5.